The number of hydrogen-bond donors (Lipinski definition) is 2. The number of hydrogen-bond acceptors (Lipinski definition) is 5. The molecule has 0 aliphatic carbocycles. The largest absolute Gasteiger partial charge is 0.396 e. The Morgan fingerprint density at radius 3 is 2.39 bits per heavy atom. The van der Waals surface area contributed by atoms with Crippen LogP contribution in [0.3, 0.4) is 0 Å². The van der Waals surface area contributed by atoms with E-state index in [1.54, 1.807) is 0 Å². The van der Waals surface area contributed by atoms with Gasteiger partial charge < -0.3 is 14.9 Å². The second-order valence-electron chi connectivity index (χ2n) is 5.14. The van der Waals surface area contributed by atoms with Crippen LogP contribution in [0.15, 0.2) is 0 Å². The Balaban J connectivity index is 2.62. The maximum atomic E-state index is 11.5. The minimum atomic E-state index is -3.00. The first-order chi connectivity index (χ1) is 8.49. The highest BCUT2D eigenvalue weighted by molar-refractivity contribution is 7.91. The summed E-state index contributed by atoms with van der Waals surface area (Å²) in [5, 5.41) is 19.1. The quantitative estimate of drug-likeness (QED) is 0.621. The minimum Gasteiger partial charge on any atom is -0.396 e. The predicted molar refractivity (Wildman–Crippen MR) is 69.1 cm³/mol. The van der Waals surface area contributed by atoms with E-state index in [9.17, 15) is 18.6 Å². The summed E-state index contributed by atoms with van der Waals surface area (Å²) in [6.07, 6.45) is 1.94. The zero-order valence-corrected chi connectivity index (χ0v) is 11.8. The molecule has 1 rings (SSSR count). The summed E-state index contributed by atoms with van der Waals surface area (Å²) < 4.78 is 28.4. The Kier molecular flexibility index (Phi) is 6.04. The predicted octanol–water partition coefficient (Wildman–Crippen LogP) is 0.209. The maximum absolute atomic E-state index is 11.5. The molecule has 5 nitrogen and oxygen atoms in total. The zero-order chi connectivity index (χ0) is 13.6. The molecule has 1 aliphatic heterocycles. The van der Waals surface area contributed by atoms with Crippen molar-refractivity contribution >= 4 is 9.84 Å². The van der Waals surface area contributed by atoms with Crippen LogP contribution in [0, 0.1) is 11.3 Å². The van der Waals surface area contributed by atoms with Crippen molar-refractivity contribution in [2.75, 3.05) is 37.9 Å². The molecular weight excluding hydrogens is 256 g/mol. The number of sulfone groups is 1. The molecule has 0 bridgehead atoms. The van der Waals surface area contributed by atoms with Crippen LogP contribution in [0.4, 0.5) is 0 Å². The molecule has 1 fully saturated rings. The van der Waals surface area contributed by atoms with Crippen LogP contribution in [0.1, 0.15) is 26.2 Å². The Hall–Kier alpha value is -0.170. The molecule has 1 saturated heterocycles. The van der Waals surface area contributed by atoms with Gasteiger partial charge in [0.05, 0.1) is 24.7 Å². The van der Waals surface area contributed by atoms with E-state index in [-0.39, 0.29) is 30.6 Å². The second-order valence-corrected chi connectivity index (χ2v) is 7.37. The van der Waals surface area contributed by atoms with E-state index in [1.807, 2.05) is 6.92 Å². The lowest BCUT2D eigenvalue weighted by Crippen LogP contribution is -2.40. The van der Waals surface area contributed by atoms with Gasteiger partial charge in [-0.25, -0.2) is 8.42 Å². The topological polar surface area (TPSA) is 83.8 Å². The van der Waals surface area contributed by atoms with E-state index in [1.165, 1.54) is 0 Å². The van der Waals surface area contributed by atoms with Gasteiger partial charge in [-0.05, 0) is 25.2 Å². The Bertz CT molecular complexity index is 334. The lowest BCUT2D eigenvalue weighted by atomic mass is 9.74. The SMILES string of the molecule is CCCOCCC(CO)(CO)C1CCS(=O)(=O)C1. The molecule has 0 aromatic carbocycles. The average Bonchev–Trinajstić information content (AvgIpc) is 2.71. The lowest BCUT2D eigenvalue weighted by molar-refractivity contribution is -0.0182. The highest BCUT2D eigenvalue weighted by Gasteiger charge is 2.43. The fourth-order valence-corrected chi connectivity index (χ4v) is 4.41. The first-order valence-electron chi connectivity index (χ1n) is 6.49. The molecule has 6 heteroatoms. The monoisotopic (exact) mass is 280 g/mol. The van der Waals surface area contributed by atoms with Gasteiger partial charge in [-0.15, -0.1) is 0 Å². The van der Waals surface area contributed by atoms with Gasteiger partial charge in [0.1, 0.15) is 0 Å². The summed E-state index contributed by atoms with van der Waals surface area (Å²) in [5.41, 5.74) is -0.725. The standard InChI is InChI=1S/C12H24O5S/c1-2-5-17-6-4-12(9-13,10-14)11-3-7-18(15,16)8-11/h11,13-14H,2-10H2,1H3. The maximum Gasteiger partial charge on any atom is 0.150 e. The molecule has 0 aromatic rings. The second kappa shape index (κ2) is 6.84. The van der Waals surface area contributed by atoms with E-state index in [4.69, 9.17) is 4.74 Å². The van der Waals surface area contributed by atoms with E-state index in [2.05, 4.69) is 0 Å². The van der Waals surface area contributed by atoms with Crippen molar-refractivity contribution in [3.63, 3.8) is 0 Å². The third kappa shape index (κ3) is 3.91. The number of aliphatic hydroxyl groups excluding tert-OH is 2. The molecule has 1 unspecified atom stereocenters. The Morgan fingerprint density at radius 1 is 1.28 bits per heavy atom. The number of aliphatic hydroxyl groups is 2. The first kappa shape index (κ1) is 15.9. The Morgan fingerprint density at radius 2 is 1.94 bits per heavy atom. The molecule has 2 N–H and O–H groups in total. The molecule has 0 saturated carbocycles. The Labute approximate surface area is 109 Å². The highest BCUT2D eigenvalue weighted by atomic mass is 32.2. The van der Waals surface area contributed by atoms with Gasteiger partial charge in [0.2, 0.25) is 0 Å². The molecule has 0 radical (unpaired) electrons. The molecule has 1 heterocycles. The van der Waals surface area contributed by atoms with Gasteiger partial charge in [-0.3, -0.25) is 0 Å². The van der Waals surface area contributed by atoms with Crippen LogP contribution in [-0.4, -0.2) is 56.6 Å². The fourth-order valence-electron chi connectivity index (χ4n) is 2.47. The lowest BCUT2D eigenvalue weighted by Gasteiger charge is -2.35. The van der Waals surface area contributed by atoms with E-state index >= 15 is 0 Å². The van der Waals surface area contributed by atoms with Gasteiger partial charge >= 0.3 is 0 Å². The molecular formula is C12H24O5S. The highest BCUT2D eigenvalue weighted by Crippen LogP contribution is 2.38. The summed E-state index contributed by atoms with van der Waals surface area (Å²) in [6, 6.07) is 0. The molecule has 1 aliphatic rings. The smallest absolute Gasteiger partial charge is 0.150 e. The third-order valence-corrected chi connectivity index (χ3v) is 5.59. The summed E-state index contributed by atoms with van der Waals surface area (Å²) >= 11 is 0. The van der Waals surface area contributed by atoms with Crippen molar-refractivity contribution in [1.29, 1.82) is 0 Å². The van der Waals surface area contributed by atoms with Crippen LogP contribution in [-0.2, 0) is 14.6 Å². The van der Waals surface area contributed by atoms with Crippen molar-refractivity contribution in [2.24, 2.45) is 11.3 Å². The zero-order valence-electron chi connectivity index (χ0n) is 11.0. The summed E-state index contributed by atoms with van der Waals surface area (Å²) in [4.78, 5) is 0. The van der Waals surface area contributed by atoms with Crippen LogP contribution < -0.4 is 0 Å². The van der Waals surface area contributed by atoms with Crippen LogP contribution >= 0.6 is 0 Å². The number of rotatable bonds is 8. The normalized spacial score (nSPS) is 23.4. The van der Waals surface area contributed by atoms with Crippen LogP contribution in [0.5, 0.6) is 0 Å². The van der Waals surface area contributed by atoms with Crippen molar-refractivity contribution in [3.8, 4) is 0 Å². The van der Waals surface area contributed by atoms with Crippen molar-refractivity contribution < 1.29 is 23.4 Å². The van der Waals surface area contributed by atoms with E-state index in [0.29, 0.717) is 26.1 Å². The fraction of sp³-hybridized carbons (Fsp3) is 1.00. The van der Waals surface area contributed by atoms with Crippen molar-refractivity contribution in [2.45, 2.75) is 26.2 Å². The summed E-state index contributed by atoms with van der Waals surface area (Å²) in [6.45, 7) is 2.72. The molecule has 1 atom stereocenters. The van der Waals surface area contributed by atoms with E-state index in [0.717, 1.165) is 6.42 Å². The van der Waals surface area contributed by atoms with Crippen LogP contribution in [0.2, 0.25) is 0 Å². The van der Waals surface area contributed by atoms with Crippen molar-refractivity contribution in [3.05, 3.63) is 0 Å². The summed E-state index contributed by atoms with van der Waals surface area (Å²) in [7, 11) is -3.00. The van der Waals surface area contributed by atoms with Gasteiger partial charge in [0.25, 0.3) is 0 Å². The molecule has 0 spiro atoms. The molecule has 108 valence electrons. The third-order valence-electron chi connectivity index (χ3n) is 3.82. The first-order valence-corrected chi connectivity index (χ1v) is 8.31. The van der Waals surface area contributed by atoms with Gasteiger partial charge in [-0.2, -0.15) is 0 Å². The minimum absolute atomic E-state index is 0.0713. The summed E-state index contributed by atoms with van der Waals surface area (Å²) in [5.74, 6) is 0.0691. The molecule has 0 amide bonds. The van der Waals surface area contributed by atoms with Gasteiger partial charge in [-0.1, -0.05) is 6.92 Å². The molecule has 0 aromatic heterocycles. The number of ether oxygens (including phenoxy) is 1. The average molecular weight is 280 g/mol. The van der Waals surface area contributed by atoms with Gasteiger partial charge in [0.15, 0.2) is 9.84 Å². The van der Waals surface area contributed by atoms with Crippen molar-refractivity contribution in [1.82, 2.24) is 0 Å². The van der Waals surface area contributed by atoms with Gasteiger partial charge in [0, 0.05) is 18.6 Å². The van der Waals surface area contributed by atoms with E-state index < -0.39 is 15.3 Å². The molecule has 18 heavy (non-hydrogen) atoms. The van der Waals surface area contributed by atoms with Crippen LogP contribution in [0.25, 0.3) is 0 Å².